The largest absolute Gasteiger partial charge is 0.506 e. The number of rotatable bonds is 2. The maximum Gasteiger partial charge on any atom is 0.145 e. The van der Waals surface area contributed by atoms with Gasteiger partial charge in [-0.15, -0.1) is 0 Å². The molecule has 14 heavy (non-hydrogen) atoms. The summed E-state index contributed by atoms with van der Waals surface area (Å²) in [6, 6.07) is 3.18. The van der Waals surface area contributed by atoms with Gasteiger partial charge in [-0.2, -0.15) is 0 Å². The summed E-state index contributed by atoms with van der Waals surface area (Å²) in [5.74, 6) is 0.0793. The van der Waals surface area contributed by atoms with Crippen molar-refractivity contribution >= 4 is 39.9 Å². The standard InChI is InChI=1S/C10H8BrClO2/c1-6(5-13)2-7-3-8(12)4-9(11)10(7)14/h2-5,14H,1H3. The topological polar surface area (TPSA) is 37.3 Å². The fourth-order valence-corrected chi connectivity index (χ4v) is 1.81. The van der Waals surface area contributed by atoms with Crippen LogP contribution in [0.3, 0.4) is 0 Å². The Bertz CT molecular complexity index is 399. The second-order valence-electron chi connectivity index (χ2n) is 2.83. The number of hydrogen-bond donors (Lipinski definition) is 1. The second kappa shape index (κ2) is 4.62. The van der Waals surface area contributed by atoms with Crippen molar-refractivity contribution in [2.75, 3.05) is 0 Å². The molecule has 0 heterocycles. The van der Waals surface area contributed by atoms with E-state index in [1.54, 1.807) is 25.1 Å². The van der Waals surface area contributed by atoms with E-state index in [4.69, 9.17) is 11.6 Å². The van der Waals surface area contributed by atoms with Gasteiger partial charge in [0, 0.05) is 10.6 Å². The molecule has 1 aromatic rings. The molecular formula is C10H8BrClO2. The number of carbonyl (C=O) groups excluding carboxylic acids is 1. The zero-order chi connectivity index (χ0) is 10.7. The van der Waals surface area contributed by atoms with Crippen LogP contribution in [0.5, 0.6) is 5.75 Å². The minimum absolute atomic E-state index is 0.0793. The molecule has 0 bridgehead atoms. The zero-order valence-corrected chi connectivity index (χ0v) is 9.76. The Morgan fingerprint density at radius 3 is 2.79 bits per heavy atom. The van der Waals surface area contributed by atoms with Crippen molar-refractivity contribution in [2.45, 2.75) is 6.92 Å². The fraction of sp³-hybridized carbons (Fsp3) is 0.100. The number of aromatic hydroxyl groups is 1. The van der Waals surface area contributed by atoms with Crippen molar-refractivity contribution in [3.8, 4) is 5.75 Å². The van der Waals surface area contributed by atoms with Gasteiger partial charge in [-0.25, -0.2) is 0 Å². The minimum atomic E-state index is 0.0793. The Morgan fingerprint density at radius 2 is 2.21 bits per heavy atom. The number of aldehydes is 1. The predicted molar refractivity (Wildman–Crippen MR) is 60.5 cm³/mol. The van der Waals surface area contributed by atoms with E-state index in [0.29, 0.717) is 26.9 Å². The molecule has 0 spiro atoms. The van der Waals surface area contributed by atoms with E-state index in [-0.39, 0.29) is 5.75 Å². The Labute approximate surface area is 95.3 Å². The van der Waals surface area contributed by atoms with Gasteiger partial charge >= 0.3 is 0 Å². The van der Waals surface area contributed by atoms with Crippen molar-refractivity contribution in [3.05, 3.63) is 32.8 Å². The number of halogens is 2. The summed E-state index contributed by atoms with van der Waals surface area (Å²) in [6.07, 6.45) is 2.28. The van der Waals surface area contributed by atoms with E-state index in [0.717, 1.165) is 0 Å². The Hall–Kier alpha value is -0.800. The molecule has 0 radical (unpaired) electrons. The molecule has 0 fully saturated rings. The highest BCUT2D eigenvalue weighted by atomic mass is 79.9. The molecule has 1 N–H and O–H groups in total. The third-order valence-corrected chi connectivity index (χ3v) is 2.45. The molecule has 0 amide bonds. The van der Waals surface area contributed by atoms with Crippen LogP contribution in [-0.2, 0) is 4.79 Å². The highest BCUT2D eigenvalue weighted by Gasteiger charge is 2.05. The quantitative estimate of drug-likeness (QED) is 0.663. The normalized spacial score (nSPS) is 11.5. The number of carbonyl (C=O) groups is 1. The molecular weight excluding hydrogens is 267 g/mol. The maximum absolute atomic E-state index is 10.4. The van der Waals surface area contributed by atoms with Gasteiger partial charge in [-0.3, -0.25) is 4.79 Å². The van der Waals surface area contributed by atoms with Crippen molar-refractivity contribution in [3.63, 3.8) is 0 Å². The maximum atomic E-state index is 10.4. The number of hydrogen-bond acceptors (Lipinski definition) is 2. The van der Waals surface area contributed by atoms with Crippen molar-refractivity contribution in [1.29, 1.82) is 0 Å². The molecule has 0 aliphatic carbocycles. The van der Waals surface area contributed by atoms with Crippen LogP contribution in [0.15, 0.2) is 22.2 Å². The summed E-state index contributed by atoms with van der Waals surface area (Å²) in [7, 11) is 0. The zero-order valence-electron chi connectivity index (χ0n) is 7.42. The Kier molecular flexibility index (Phi) is 3.72. The number of phenolic OH excluding ortho intramolecular Hbond substituents is 1. The van der Waals surface area contributed by atoms with Gasteiger partial charge in [0.1, 0.15) is 12.0 Å². The number of allylic oxidation sites excluding steroid dienone is 1. The summed E-state index contributed by atoms with van der Waals surface area (Å²) in [5, 5.41) is 10.1. The molecule has 0 unspecified atom stereocenters. The number of phenols is 1. The van der Waals surface area contributed by atoms with Crippen LogP contribution >= 0.6 is 27.5 Å². The SMILES string of the molecule is CC(C=O)=Cc1cc(Cl)cc(Br)c1O. The molecule has 0 aliphatic rings. The van der Waals surface area contributed by atoms with E-state index in [1.165, 1.54) is 0 Å². The van der Waals surface area contributed by atoms with E-state index < -0.39 is 0 Å². The van der Waals surface area contributed by atoms with E-state index in [1.807, 2.05) is 0 Å². The highest BCUT2D eigenvalue weighted by molar-refractivity contribution is 9.10. The van der Waals surface area contributed by atoms with Gasteiger partial charge in [-0.05, 0) is 46.6 Å². The summed E-state index contributed by atoms with van der Waals surface area (Å²) in [6.45, 7) is 1.65. The summed E-state index contributed by atoms with van der Waals surface area (Å²) >= 11 is 8.95. The molecule has 1 rings (SSSR count). The van der Waals surface area contributed by atoms with Crippen LogP contribution < -0.4 is 0 Å². The monoisotopic (exact) mass is 274 g/mol. The van der Waals surface area contributed by atoms with Crippen LogP contribution in [0.1, 0.15) is 12.5 Å². The smallest absolute Gasteiger partial charge is 0.145 e. The molecule has 0 aliphatic heterocycles. The third-order valence-electron chi connectivity index (χ3n) is 1.63. The average Bonchev–Trinajstić information content (AvgIpc) is 2.13. The van der Waals surface area contributed by atoms with E-state index >= 15 is 0 Å². The summed E-state index contributed by atoms with van der Waals surface area (Å²) < 4.78 is 0.509. The summed E-state index contributed by atoms with van der Waals surface area (Å²) in [4.78, 5) is 10.4. The van der Waals surface area contributed by atoms with Gasteiger partial charge in [-0.1, -0.05) is 11.6 Å². The lowest BCUT2D eigenvalue weighted by atomic mass is 10.1. The molecule has 0 saturated carbocycles. The molecule has 0 atom stereocenters. The first-order valence-corrected chi connectivity index (χ1v) is 5.03. The highest BCUT2D eigenvalue weighted by Crippen LogP contribution is 2.32. The van der Waals surface area contributed by atoms with Crippen LogP contribution in [0.4, 0.5) is 0 Å². The predicted octanol–water partition coefficient (Wildman–Crippen LogP) is 3.41. The average molecular weight is 276 g/mol. The van der Waals surface area contributed by atoms with Crippen molar-refractivity contribution in [1.82, 2.24) is 0 Å². The second-order valence-corrected chi connectivity index (χ2v) is 4.12. The molecule has 4 heteroatoms. The van der Waals surface area contributed by atoms with Crippen LogP contribution in [0, 0.1) is 0 Å². The molecule has 74 valence electrons. The van der Waals surface area contributed by atoms with E-state index in [9.17, 15) is 9.90 Å². The first-order chi connectivity index (χ1) is 6.54. The lowest BCUT2D eigenvalue weighted by molar-refractivity contribution is -0.104. The van der Waals surface area contributed by atoms with Crippen molar-refractivity contribution in [2.24, 2.45) is 0 Å². The molecule has 0 aromatic heterocycles. The molecule has 1 aromatic carbocycles. The first-order valence-electron chi connectivity index (χ1n) is 3.86. The van der Waals surface area contributed by atoms with Crippen LogP contribution in [0.25, 0.3) is 6.08 Å². The molecule has 0 saturated heterocycles. The van der Waals surface area contributed by atoms with Gasteiger partial charge in [0.25, 0.3) is 0 Å². The van der Waals surface area contributed by atoms with Gasteiger partial charge < -0.3 is 5.11 Å². The van der Waals surface area contributed by atoms with Crippen LogP contribution in [-0.4, -0.2) is 11.4 Å². The van der Waals surface area contributed by atoms with E-state index in [2.05, 4.69) is 15.9 Å². The summed E-state index contributed by atoms with van der Waals surface area (Å²) in [5.41, 5.74) is 1.04. The fourth-order valence-electron chi connectivity index (χ4n) is 0.975. The van der Waals surface area contributed by atoms with Gasteiger partial charge in [0.2, 0.25) is 0 Å². The van der Waals surface area contributed by atoms with Crippen molar-refractivity contribution < 1.29 is 9.90 Å². The molecule has 2 nitrogen and oxygen atoms in total. The lowest BCUT2D eigenvalue weighted by Gasteiger charge is -2.03. The third kappa shape index (κ3) is 2.59. The van der Waals surface area contributed by atoms with Gasteiger partial charge in [0.15, 0.2) is 0 Å². The lowest BCUT2D eigenvalue weighted by Crippen LogP contribution is -1.81. The first kappa shape index (κ1) is 11.3. The Balaban J connectivity index is 3.27. The minimum Gasteiger partial charge on any atom is -0.506 e. The Morgan fingerprint density at radius 1 is 1.57 bits per heavy atom. The number of benzene rings is 1. The van der Waals surface area contributed by atoms with Gasteiger partial charge in [0.05, 0.1) is 4.47 Å². The van der Waals surface area contributed by atoms with Crippen LogP contribution in [0.2, 0.25) is 5.02 Å².